The Bertz CT molecular complexity index is 581. The number of carbonyl (C=O) groups is 2. The second-order valence-electron chi connectivity index (χ2n) is 4.27. The molecule has 2 aromatic rings. The molecule has 0 fully saturated rings. The molecule has 1 amide bonds. The molecule has 102 valence electrons. The van der Waals surface area contributed by atoms with E-state index < -0.39 is 5.97 Å². The van der Waals surface area contributed by atoms with Crippen molar-refractivity contribution in [1.29, 1.82) is 0 Å². The average Bonchev–Trinajstić information content (AvgIpc) is 2.46. The van der Waals surface area contributed by atoms with Crippen LogP contribution in [0.3, 0.4) is 0 Å². The monoisotopic (exact) mass is 269 g/mol. The van der Waals surface area contributed by atoms with E-state index in [1.165, 1.54) is 6.92 Å². The van der Waals surface area contributed by atoms with Gasteiger partial charge in [-0.05, 0) is 17.7 Å². The molecule has 2 aromatic carbocycles. The van der Waals surface area contributed by atoms with Crippen LogP contribution in [0.4, 0.5) is 5.69 Å². The van der Waals surface area contributed by atoms with Gasteiger partial charge in [0, 0.05) is 6.92 Å². The molecule has 2 rings (SSSR count). The Balaban J connectivity index is 2.06. The van der Waals surface area contributed by atoms with E-state index >= 15 is 0 Å². The van der Waals surface area contributed by atoms with Crippen LogP contribution in [-0.4, -0.2) is 11.9 Å². The van der Waals surface area contributed by atoms with Gasteiger partial charge in [0.1, 0.15) is 0 Å². The van der Waals surface area contributed by atoms with E-state index in [2.05, 4.69) is 0 Å². The molecule has 0 atom stereocenters. The smallest absolute Gasteiger partial charge is 0.333 e. The number of amides is 1. The number of carbonyl (C=O) groups excluding carboxylic acids is 2. The van der Waals surface area contributed by atoms with Crippen LogP contribution >= 0.6 is 0 Å². The average molecular weight is 269 g/mol. The fraction of sp³-hybridized carbons (Fsp3) is 0.125. The Hall–Kier alpha value is -2.62. The van der Waals surface area contributed by atoms with Crippen molar-refractivity contribution in [2.24, 2.45) is 0 Å². The molecule has 0 aliphatic rings. The van der Waals surface area contributed by atoms with Gasteiger partial charge in [-0.1, -0.05) is 48.5 Å². The van der Waals surface area contributed by atoms with Crippen molar-refractivity contribution in [1.82, 2.24) is 0 Å². The Labute approximate surface area is 117 Å². The van der Waals surface area contributed by atoms with E-state index in [0.717, 1.165) is 10.6 Å². The van der Waals surface area contributed by atoms with Crippen LogP contribution in [0.2, 0.25) is 0 Å². The topological polar surface area (TPSA) is 46.6 Å². The zero-order valence-corrected chi connectivity index (χ0v) is 11.2. The van der Waals surface area contributed by atoms with Crippen molar-refractivity contribution in [3.8, 4) is 0 Å². The molecule has 4 heteroatoms. The SMILES string of the molecule is CC(=O)N(OC(=O)Cc1ccccc1)c1ccccc1. The number of rotatable bonds is 3. The molecular formula is C16H15NO3. The molecular weight excluding hydrogens is 254 g/mol. The lowest BCUT2D eigenvalue weighted by Gasteiger charge is -2.19. The van der Waals surface area contributed by atoms with Crippen molar-refractivity contribution in [3.63, 3.8) is 0 Å². The molecule has 0 aromatic heterocycles. The van der Waals surface area contributed by atoms with Crippen LogP contribution in [0.25, 0.3) is 0 Å². The number of hydroxylamine groups is 1. The van der Waals surface area contributed by atoms with Crippen LogP contribution in [0.15, 0.2) is 60.7 Å². The standard InChI is InChI=1S/C16H15NO3/c1-13(18)17(15-10-6-3-7-11-15)20-16(19)12-14-8-4-2-5-9-14/h2-11H,12H2,1H3. The molecule has 0 saturated carbocycles. The van der Waals surface area contributed by atoms with Gasteiger partial charge in [-0.3, -0.25) is 4.79 Å². The maximum Gasteiger partial charge on any atom is 0.337 e. The molecule has 4 nitrogen and oxygen atoms in total. The minimum absolute atomic E-state index is 0.122. The van der Waals surface area contributed by atoms with Crippen molar-refractivity contribution in [2.75, 3.05) is 5.06 Å². The molecule has 0 spiro atoms. The van der Waals surface area contributed by atoms with Gasteiger partial charge in [0.2, 0.25) is 0 Å². The summed E-state index contributed by atoms with van der Waals surface area (Å²) in [5, 5.41) is 1.01. The first-order chi connectivity index (χ1) is 9.66. The normalized spacial score (nSPS) is 9.85. The summed E-state index contributed by atoms with van der Waals surface area (Å²) < 4.78 is 0. The van der Waals surface area contributed by atoms with Gasteiger partial charge in [0.15, 0.2) is 0 Å². The van der Waals surface area contributed by atoms with Crippen LogP contribution in [0.5, 0.6) is 0 Å². The van der Waals surface area contributed by atoms with Crippen LogP contribution in [0.1, 0.15) is 12.5 Å². The van der Waals surface area contributed by atoms with Crippen LogP contribution in [-0.2, 0) is 20.8 Å². The summed E-state index contributed by atoms with van der Waals surface area (Å²) in [5.74, 6) is -0.826. The molecule has 20 heavy (non-hydrogen) atoms. The van der Waals surface area contributed by atoms with Gasteiger partial charge in [-0.25, -0.2) is 4.79 Å². The molecule has 0 radical (unpaired) electrons. The summed E-state index contributed by atoms with van der Waals surface area (Å²) in [6, 6.07) is 18.0. The number of hydrogen-bond acceptors (Lipinski definition) is 3. The fourth-order valence-corrected chi connectivity index (χ4v) is 1.76. The maximum absolute atomic E-state index is 11.9. The highest BCUT2D eigenvalue weighted by molar-refractivity contribution is 5.91. The first-order valence-corrected chi connectivity index (χ1v) is 6.27. The van der Waals surface area contributed by atoms with E-state index in [9.17, 15) is 9.59 Å². The zero-order chi connectivity index (χ0) is 14.4. The maximum atomic E-state index is 11.9. The second-order valence-corrected chi connectivity index (χ2v) is 4.27. The van der Waals surface area contributed by atoms with Gasteiger partial charge in [-0.15, -0.1) is 5.06 Å². The summed E-state index contributed by atoms with van der Waals surface area (Å²) in [5.41, 5.74) is 1.37. The zero-order valence-electron chi connectivity index (χ0n) is 11.2. The summed E-state index contributed by atoms with van der Waals surface area (Å²) in [6.07, 6.45) is 0.122. The van der Waals surface area contributed by atoms with Crippen molar-refractivity contribution in [2.45, 2.75) is 13.3 Å². The van der Waals surface area contributed by atoms with Gasteiger partial charge in [-0.2, -0.15) is 0 Å². The Morgan fingerprint density at radius 2 is 1.50 bits per heavy atom. The molecule has 0 aliphatic carbocycles. The highest BCUT2D eigenvalue weighted by Crippen LogP contribution is 2.14. The first kappa shape index (κ1) is 13.8. The summed E-state index contributed by atoms with van der Waals surface area (Å²) >= 11 is 0. The molecule has 0 bridgehead atoms. The lowest BCUT2D eigenvalue weighted by atomic mass is 10.2. The van der Waals surface area contributed by atoms with E-state index in [0.29, 0.717) is 5.69 Å². The first-order valence-electron chi connectivity index (χ1n) is 6.27. The van der Waals surface area contributed by atoms with E-state index in [1.807, 2.05) is 36.4 Å². The molecule has 0 aliphatic heterocycles. The Morgan fingerprint density at radius 1 is 0.950 bits per heavy atom. The van der Waals surface area contributed by atoms with Crippen molar-refractivity contribution in [3.05, 3.63) is 66.2 Å². The Morgan fingerprint density at radius 3 is 2.05 bits per heavy atom. The molecule has 0 saturated heterocycles. The summed E-state index contributed by atoms with van der Waals surface area (Å²) in [7, 11) is 0. The summed E-state index contributed by atoms with van der Waals surface area (Å²) in [6.45, 7) is 1.35. The minimum Gasteiger partial charge on any atom is -0.333 e. The lowest BCUT2D eigenvalue weighted by molar-refractivity contribution is -0.149. The van der Waals surface area contributed by atoms with Gasteiger partial charge < -0.3 is 4.84 Å². The highest BCUT2D eigenvalue weighted by Gasteiger charge is 2.17. The summed E-state index contributed by atoms with van der Waals surface area (Å²) in [4.78, 5) is 28.6. The van der Waals surface area contributed by atoms with Crippen LogP contribution < -0.4 is 5.06 Å². The third-order valence-corrected chi connectivity index (χ3v) is 2.66. The minimum atomic E-state index is -0.477. The highest BCUT2D eigenvalue weighted by atomic mass is 16.7. The number of para-hydroxylation sites is 1. The second kappa shape index (κ2) is 6.52. The lowest BCUT2D eigenvalue weighted by Crippen LogP contribution is -2.32. The van der Waals surface area contributed by atoms with E-state index in [1.54, 1.807) is 24.3 Å². The van der Waals surface area contributed by atoms with E-state index in [-0.39, 0.29) is 12.3 Å². The molecule has 0 N–H and O–H groups in total. The van der Waals surface area contributed by atoms with Gasteiger partial charge in [0.05, 0.1) is 12.1 Å². The van der Waals surface area contributed by atoms with E-state index in [4.69, 9.17) is 4.84 Å². The third-order valence-electron chi connectivity index (χ3n) is 2.66. The van der Waals surface area contributed by atoms with Gasteiger partial charge in [0.25, 0.3) is 5.91 Å². The number of nitrogens with zero attached hydrogens (tertiary/aromatic N) is 1. The molecule has 0 unspecified atom stereocenters. The number of hydrogen-bond donors (Lipinski definition) is 0. The number of anilines is 1. The van der Waals surface area contributed by atoms with Crippen molar-refractivity contribution >= 4 is 17.6 Å². The number of benzene rings is 2. The fourth-order valence-electron chi connectivity index (χ4n) is 1.76. The predicted octanol–water partition coefficient (Wildman–Crippen LogP) is 2.74. The third kappa shape index (κ3) is 3.68. The quantitative estimate of drug-likeness (QED) is 0.805. The predicted molar refractivity (Wildman–Crippen MR) is 75.8 cm³/mol. The largest absolute Gasteiger partial charge is 0.337 e. The van der Waals surface area contributed by atoms with Gasteiger partial charge >= 0.3 is 5.97 Å². The van der Waals surface area contributed by atoms with Crippen LogP contribution in [0, 0.1) is 0 Å². The van der Waals surface area contributed by atoms with Crippen molar-refractivity contribution < 1.29 is 14.4 Å². The Kier molecular flexibility index (Phi) is 4.50. The molecule has 0 heterocycles.